The van der Waals surface area contributed by atoms with Crippen molar-refractivity contribution in [3.63, 3.8) is 0 Å². The maximum absolute atomic E-state index is 12.5. The van der Waals surface area contributed by atoms with Crippen molar-refractivity contribution in [3.8, 4) is 23.7 Å². The van der Waals surface area contributed by atoms with Gasteiger partial charge in [-0.1, -0.05) is 35.8 Å². The van der Waals surface area contributed by atoms with Crippen LogP contribution < -0.4 is 0 Å². The van der Waals surface area contributed by atoms with E-state index in [0.29, 0.717) is 86.5 Å². The van der Waals surface area contributed by atoms with Gasteiger partial charge in [0.15, 0.2) is 0 Å². The molecular formula is C44H46N2O10. The Balaban J connectivity index is 1.19. The van der Waals surface area contributed by atoms with E-state index in [4.69, 9.17) is 37.9 Å². The fraction of sp³-hybridized carbons (Fsp3) is 0.318. The van der Waals surface area contributed by atoms with Gasteiger partial charge in [-0.25, -0.2) is 9.59 Å². The largest absolute Gasteiger partial charge is 0.460 e. The van der Waals surface area contributed by atoms with Gasteiger partial charge in [-0.05, 0) is 84.9 Å². The average Bonchev–Trinajstić information content (AvgIpc) is 3.23. The summed E-state index contributed by atoms with van der Waals surface area (Å²) in [5, 5.41) is 8.66. The SMILES string of the molecule is COCCOCCOCCOC(=O)c1cccc(C#Cc2ccc(N=Nc3ccc(C#Cc4cccc(C(=O)OCCOCCOCCOC)c4)cc3)cc2)c1. The topological polar surface area (TPSA) is 133 Å². The van der Waals surface area contributed by atoms with Crippen LogP contribution in [-0.4, -0.2) is 105 Å². The lowest BCUT2D eigenvalue weighted by atomic mass is 10.1. The Hall–Kier alpha value is -5.70. The molecule has 0 heterocycles. The van der Waals surface area contributed by atoms with Gasteiger partial charge in [0.05, 0.1) is 88.6 Å². The number of nitrogens with zero attached hydrogens (tertiary/aromatic N) is 2. The average molecular weight is 763 g/mol. The second kappa shape index (κ2) is 26.2. The second-order valence-corrected chi connectivity index (χ2v) is 11.7. The summed E-state index contributed by atoms with van der Waals surface area (Å²) in [4.78, 5) is 24.9. The summed E-state index contributed by atoms with van der Waals surface area (Å²) in [5.41, 5.74) is 5.10. The number of azo groups is 1. The summed E-state index contributed by atoms with van der Waals surface area (Å²) in [5.74, 6) is 11.5. The van der Waals surface area contributed by atoms with Crippen molar-refractivity contribution in [3.05, 3.63) is 130 Å². The standard InChI is InChI=1S/C44H46N2O10/c1-49-21-23-51-25-27-53-29-31-55-43(47)39-7-3-5-37(33-39)11-9-35-13-17-41(18-14-35)45-46-42-19-15-36(16-20-42)10-12-38-6-4-8-40(34-38)44(48)56-32-30-54-28-26-52-24-22-50-2/h3-8,13-20,33-34H,21-32H2,1-2H3. The molecule has 0 spiro atoms. The highest BCUT2D eigenvalue weighted by Crippen LogP contribution is 2.19. The Kier molecular flexibility index (Phi) is 20.1. The molecule has 4 aromatic rings. The van der Waals surface area contributed by atoms with Crippen molar-refractivity contribution >= 4 is 23.3 Å². The third-order valence-corrected chi connectivity index (χ3v) is 7.44. The van der Waals surface area contributed by atoms with E-state index in [1.54, 1.807) is 50.6 Å². The predicted molar refractivity (Wildman–Crippen MR) is 209 cm³/mol. The predicted octanol–water partition coefficient (Wildman–Crippen LogP) is 6.57. The minimum absolute atomic E-state index is 0.140. The van der Waals surface area contributed by atoms with Crippen molar-refractivity contribution in [2.45, 2.75) is 0 Å². The summed E-state index contributed by atoms with van der Waals surface area (Å²) in [7, 11) is 3.23. The number of methoxy groups -OCH3 is 2. The number of carbonyl (C=O) groups excluding carboxylic acids is 2. The molecule has 4 aromatic carbocycles. The van der Waals surface area contributed by atoms with Gasteiger partial charge in [-0.2, -0.15) is 10.2 Å². The van der Waals surface area contributed by atoms with Crippen molar-refractivity contribution in [2.24, 2.45) is 10.2 Å². The smallest absolute Gasteiger partial charge is 0.338 e. The van der Waals surface area contributed by atoms with Crippen molar-refractivity contribution < 1.29 is 47.5 Å². The molecule has 292 valence electrons. The van der Waals surface area contributed by atoms with Crippen LogP contribution >= 0.6 is 0 Å². The van der Waals surface area contributed by atoms with Crippen LogP contribution in [0.5, 0.6) is 0 Å². The molecule has 0 aromatic heterocycles. The lowest BCUT2D eigenvalue weighted by molar-refractivity contribution is 0.00552. The molecule has 0 N–H and O–H groups in total. The Bertz CT molecular complexity index is 1800. The minimum Gasteiger partial charge on any atom is -0.460 e. The minimum atomic E-state index is -0.442. The molecule has 0 saturated carbocycles. The molecule has 0 aliphatic carbocycles. The van der Waals surface area contributed by atoms with E-state index in [1.165, 1.54) is 0 Å². The molecule has 4 rings (SSSR count). The van der Waals surface area contributed by atoms with Crippen molar-refractivity contribution in [1.82, 2.24) is 0 Å². The summed E-state index contributed by atoms with van der Waals surface area (Å²) in [6.45, 7) is 4.65. The van der Waals surface area contributed by atoms with Gasteiger partial charge in [-0.3, -0.25) is 0 Å². The summed E-state index contributed by atoms with van der Waals surface area (Å²) in [6, 6.07) is 28.7. The van der Waals surface area contributed by atoms with Gasteiger partial charge in [0.2, 0.25) is 0 Å². The van der Waals surface area contributed by atoms with Crippen LogP contribution in [0.3, 0.4) is 0 Å². The zero-order valence-electron chi connectivity index (χ0n) is 31.7. The zero-order chi connectivity index (χ0) is 39.5. The molecule has 0 unspecified atom stereocenters. The van der Waals surface area contributed by atoms with Gasteiger partial charge in [0, 0.05) is 36.5 Å². The van der Waals surface area contributed by atoms with Gasteiger partial charge < -0.3 is 37.9 Å². The molecule has 0 atom stereocenters. The zero-order valence-corrected chi connectivity index (χ0v) is 31.7. The highest BCUT2D eigenvalue weighted by Gasteiger charge is 2.08. The summed E-state index contributed by atoms with van der Waals surface area (Å²) in [6.07, 6.45) is 0. The molecule has 0 radical (unpaired) electrons. The van der Waals surface area contributed by atoms with E-state index in [0.717, 1.165) is 11.1 Å². The van der Waals surface area contributed by atoms with Crippen molar-refractivity contribution in [2.75, 3.05) is 93.5 Å². The molecule has 0 bridgehead atoms. The molecule has 0 aliphatic heterocycles. The van der Waals surface area contributed by atoms with Crippen LogP contribution in [0.25, 0.3) is 0 Å². The number of ether oxygens (including phenoxy) is 8. The van der Waals surface area contributed by atoms with Crippen LogP contribution in [0.2, 0.25) is 0 Å². The quantitative estimate of drug-likeness (QED) is 0.0375. The molecule has 0 saturated heterocycles. The third-order valence-electron chi connectivity index (χ3n) is 7.44. The van der Waals surface area contributed by atoms with Crippen LogP contribution in [0.15, 0.2) is 107 Å². The Morgan fingerprint density at radius 2 is 0.768 bits per heavy atom. The van der Waals surface area contributed by atoms with E-state index in [9.17, 15) is 9.59 Å². The first-order chi connectivity index (χ1) is 27.5. The first-order valence-electron chi connectivity index (χ1n) is 18.0. The van der Waals surface area contributed by atoms with Crippen molar-refractivity contribution in [1.29, 1.82) is 0 Å². The molecule has 12 nitrogen and oxygen atoms in total. The number of carbonyl (C=O) groups is 2. The Labute approximate surface area is 328 Å². The van der Waals surface area contributed by atoms with Crippen LogP contribution in [-0.2, 0) is 37.9 Å². The highest BCUT2D eigenvalue weighted by atomic mass is 16.6. The molecule has 0 fully saturated rings. The van der Waals surface area contributed by atoms with Gasteiger partial charge in [0.1, 0.15) is 13.2 Å². The molecule has 0 aliphatic rings. The maximum atomic E-state index is 12.5. The third kappa shape index (κ3) is 17.2. The van der Waals surface area contributed by atoms with Crippen LogP contribution in [0.4, 0.5) is 11.4 Å². The highest BCUT2D eigenvalue weighted by molar-refractivity contribution is 5.90. The van der Waals surface area contributed by atoms with Crippen LogP contribution in [0.1, 0.15) is 43.0 Å². The van der Waals surface area contributed by atoms with E-state index >= 15 is 0 Å². The van der Waals surface area contributed by atoms with Gasteiger partial charge in [0.25, 0.3) is 0 Å². The monoisotopic (exact) mass is 762 g/mol. The maximum Gasteiger partial charge on any atom is 0.338 e. The second-order valence-electron chi connectivity index (χ2n) is 11.7. The first kappa shape index (κ1) is 43.0. The van der Waals surface area contributed by atoms with E-state index < -0.39 is 11.9 Å². The van der Waals surface area contributed by atoms with E-state index in [2.05, 4.69) is 33.9 Å². The number of benzene rings is 4. The molecule has 12 heteroatoms. The number of hydrogen-bond acceptors (Lipinski definition) is 12. The normalized spacial score (nSPS) is 10.7. The van der Waals surface area contributed by atoms with E-state index in [-0.39, 0.29) is 26.4 Å². The molecular weight excluding hydrogens is 716 g/mol. The first-order valence-corrected chi connectivity index (χ1v) is 18.0. The number of hydrogen-bond donors (Lipinski definition) is 0. The number of esters is 2. The fourth-order valence-corrected chi connectivity index (χ4v) is 4.56. The molecule has 56 heavy (non-hydrogen) atoms. The summed E-state index contributed by atoms with van der Waals surface area (Å²) >= 11 is 0. The fourth-order valence-electron chi connectivity index (χ4n) is 4.56. The van der Waals surface area contributed by atoms with E-state index in [1.807, 2.05) is 60.7 Å². The van der Waals surface area contributed by atoms with Gasteiger partial charge >= 0.3 is 11.9 Å². The lowest BCUT2D eigenvalue weighted by Gasteiger charge is -2.07. The lowest BCUT2D eigenvalue weighted by Crippen LogP contribution is -2.14. The van der Waals surface area contributed by atoms with Crippen LogP contribution in [0, 0.1) is 23.7 Å². The van der Waals surface area contributed by atoms with Gasteiger partial charge in [-0.15, -0.1) is 0 Å². The Morgan fingerprint density at radius 1 is 0.429 bits per heavy atom. The Morgan fingerprint density at radius 3 is 1.14 bits per heavy atom. The summed E-state index contributed by atoms with van der Waals surface area (Å²) < 4.78 is 41.9. The molecule has 0 amide bonds. The number of rotatable bonds is 22.